The number of fused-ring (bicyclic) bond motifs is 1. The molecular weight excluding hydrogens is 396 g/mol. The maximum Gasteiger partial charge on any atom is 0.290 e. The Kier molecular flexibility index (Phi) is 4.88. The summed E-state index contributed by atoms with van der Waals surface area (Å²) >= 11 is 0. The van der Waals surface area contributed by atoms with Crippen molar-refractivity contribution in [3.63, 3.8) is 0 Å². The molecule has 0 bridgehead atoms. The summed E-state index contributed by atoms with van der Waals surface area (Å²) in [5, 5.41) is 11.9. The van der Waals surface area contributed by atoms with Crippen LogP contribution in [-0.4, -0.2) is 50.0 Å². The lowest BCUT2D eigenvalue weighted by atomic mass is 9.99. The first-order chi connectivity index (χ1) is 15.0. The van der Waals surface area contributed by atoms with Gasteiger partial charge in [-0.05, 0) is 49.8 Å². The van der Waals surface area contributed by atoms with Gasteiger partial charge in [0, 0.05) is 19.5 Å². The molecule has 1 atom stereocenters. The van der Waals surface area contributed by atoms with E-state index in [2.05, 4.69) is 16.8 Å². The normalized spacial score (nSPS) is 21.5. The maximum atomic E-state index is 12.8. The molecule has 0 spiro atoms. The molecule has 1 saturated heterocycles. The number of anilines is 1. The molecule has 9 heteroatoms. The third-order valence-corrected chi connectivity index (χ3v) is 6.15. The Morgan fingerprint density at radius 1 is 1.29 bits per heavy atom. The Morgan fingerprint density at radius 3 is 2.84 bits per heavy atom. The summed E-state index contributed by atoms with van der Waals surface area (Å²) in [6, 6.07) is -0.120. The van der Waals surface area contributed by atoms with E-state index in [0.717, 1.165) is 49.9 Å². The molecule has 162 valence electrons. The molecule has 0 radical (unpaired) electrons. The summed E-state index contributed by atoms with van der Waals surface area (Å²) in [5.74, 6) is 1.13. The predicted octanol–water partition coefficient (Wildman–Crippen LogP) is 2.29. The van der Waals surface area contributed by atoms with Gasteiger partial charge in [-0.3, -0.25) is 14.3 Å². The van der Waals surface area contributed by atoms with Crippen molar-refractivity contribution in [3.05, 3.63) is 46.6 Å². The van der Waals surface area contributed by atoms with Crippen molar-refractivity contribution in [3.8, 4) is 0 Å². The number of nitrogens with two attached hydrogens (primary N) is 1. The number of piperidine rings is 1. The van der Waals surface area contributed by atoms with Gasteiger partial charge >= 0.3 is 0 Å². The molecule has 0 aromatic carbocycles. The van der Waals surface area contributed by atoms with E-state index in [1.807, 2.05) is 12.2 Å². The molecule has 2 aromatic heterocycles. The van der Waals surface area contributed by atoms with Gasteiger partial charge in [0.1, 0.15) is 11.2 Å². The van der Waals surface area contributed by atoms with Crippen LogP contribution >= 0.6 is 0 Å². The molecule has 5 rings (SSSR count). The molecule has 2 fully saturated rings. The predicted molar refractivity (Wildman–Crippen MR) is 117 cm³/mol. The Balaban J connectivity index is 1.56. The van der Waals surface area contributed by atoms with Crippen molar-refractivity contribution in [2.75, 3.05) is 18.8 Å². The lowest BCUT2D eigenvalue weighted by Gasteiger charge is -2.32. The van der Waals surface area contributed by atoms with Crippen LogP contribution in [0.4, 0.5) is 5.82 Å². The summed E-state index contributed by atoms with van der Waals surface area (Å²) in [6.45, 7) is 4.73. The number of aromatic amines is 1. The second kappa shape index (κ2) is 7.72. The highest BCUT2D eigenvalue weighted by molar-refractivity contribution is 5.97. The molecule has 31 heavy (non-hydrogen) atoms. The number of nitrogens with zero attached hydrogens (tertiary/aromatic N) is 4. The van der Waals surface area contributed by atoms with E-state index in [1.54, 1.807) is 9.58 Å². The minimum absolute atomic E-state index is 0.111. The molecular formula is C22H26N6O3. The van der Waals surface area contributed by atoms with Crippen LogP contribution in [0.2, 0.25) is 0 Å². The van der Waals surface area contributed by atoms with Crippen LogP contribution in [0.3, 0.4) is 0 Å². The molecule has 1 unspecified atom stereocenters. The van der Waals surface area contributed by atoms with Crippen molar-refractivity contribution >= 4 is 28.2 Å². The Labute approximate surface area is 179 Å². The number of hydrogen-bond acceptors (Lipinski definition) is 6. The van der Waals surface area contributed by atoms with Gasteiger partial charge in [-0.2, -0.15) is 10.2 Å². The number of carbonyl (C=O) groups excluding carboxylic acids is 1. The van der Waals surface area contributed by atoms with E-state index in [1.165, 1.54) is 6.08 Å². The fraction of sp³-hybridized carbons (Fsp3) is 0.455. The molecule has 2 aliphatic carbocycles. The van der Waals surface area contributed by atoms with Crippen LogP contribution in [0.5, 0.6) is 0 Å². The van der Waals surface area contributed by atoms with Gasteiger partial charge in [0.2, 0.25) is 5.91 Å². The topological polar surface area (TPSA) is 119 Å². The Morgan fingerprint density at radius 2 is 2.13 bits per heavy atom. The van der Waals surface area contributed by atoms with Gasteiger partial charge in [0.15, 0.2) is 5.82 Å². The zero-order valence-corrected chi connectivity index (χ0v) is 17.3. The molecule has 3 N–H and O–H groups in total. The van der Waals surface area contributed by atoms with Crippen molar-refractivity contribution in [2.24, 2.45) is 0 Å². The zero-order valence-electron chi connectivity index (χ0n) is 17.3. The van der Waals surface area contributed by atoms with E-state index in [0.29, 0.717) is 35.8 Å². The monoisotopic (exact) mass is 422 g/mol. The molecule has 1 aliphatic heterocycles. The van der Waals surface area contributed by atoms with Gasteiger partial charge in [-0.25, -0.2) is 5.10 Å². The van der Waals surface area contributed by atoms with Crippen LogP contribution in [0.15, 0.2) is 35.4 Å². The summed E-state index contributed by atoms with van der Waals surface area (Å²) in [4.78, 5) is 26.7. The average Bonchev–Trinajstić information content (AvgIpc) is 3.51. The number of hydrogen-bond donors (Lipinski definition) is 2. The summed E-state index contributed by atoms with van der Waals surface area (Å²) < 4.78 is 7.66. The summed E-state index contributed by atoms with van der Waals surface area (Å²) in [5.41, 5.74) is 7.95. The molecule has 2 aromatic rings. The maximum absolute atomic E-state index is 12.8. The van der Waals surface area contributed by atoms with E-state index in [9.17, 15) is 9.59 Å². The highest BCUT2D eigenvalue weighted by Crippen LogP contribution is 2.36. The highest BCUT2D eigenvalue weighted by Gasteiger charge is 2.30. The summed E-state index contributed by atoms with van der Waals surface area (Å²) in [7, 11) is 0. The number of amides is 1. The summed E-state index contributed by atoms with van der Waals surface area (Å²) in [6.07, 6.45) is 11.1. The van der Waals surface area contributed by atoms with Crippen molar-refractivity contribution in [1.82, 2.24) is 24.9 Å². The number of aromatic nitrogens is 4. The minimum atomic E-state index is -0.333. The SMILES string of the molecule is C=CC(=O)N1CCCC(n2nc(C3=CC=C(OC4CC4)CC3)c3c(N)n[nH]c(=O)c32)C1. The number of H-pyrrole nitrogens is 1. The number of nitrogens with one attached hydrogen (secondary N) is 1. The van der Waals surface area contributed by atoms with Crippen LogP contribution in [0, 0.1) is 0 Å². The van der Waals surface area contributed by atoms with Crippen molar-refractivity contribution in [1.29, 1.82) is 0 Å². The zero-order chi connectivity index (χ0) is 21.5. The van der Waals surface area contributed by atoms with Gasteiger partial charge in [-0.15, -0.1) is 0 Å². The number of rotatable bonds is 5. The van der Waals surface area contributed by atoms with Gasteiger partial charge in [-0.1, -0.05) is 12.7 Å². The smallest absolute Gasteiger partial charge is 0.290 e. The molecule has 9 nitrogen and oxygen atoms in total. The van der Waals surface area contributed by atoms with Crippen LogP contribution < -0.4 is 11.3 Å². The number of ether oxygens (including phenoxy) is 1. The first kappa shape index (κ1) is 19.6. The number of nitrogen functional groups attached to an aromatic ring is 1. The minimum Gasteiger partial charge on any atom is -0.495 e. The third-order valence-electron chi connectivity index (χ3n) is 6.15. The second-order valence-electron chi connectivity index (χ2n) is 8.38. The van der Waals surface area contributed by atoms with Gasteiger partial charge in [0.25, 0.3) is 5.56 Å². The Hall–Kier alpha value is -3.36. The molecule has 3 heterocycles. The largest absolute Gasteiger partial charge is 0.495 e. The lowest BCUT2D eigenvalue weighted by molar-refractivity contribution is -0.127. The van der Waals surface area contributed by atoms with E-state index in [4.69, 9.17) is 15.6 Å². The Bertz CT molecular complexity index is 1170. The molecule has 3 aliphatic rings. The standard InChI is InChI=1S/C22H26N6O3/c1-2-17(29)27-11-3-4-14(12-27)28-20-18(21(23)24-25-22(20)30)19(26-28)13-5-7-15(8-6-13)31-16-9-10-16/h2,5,7,14,16H,1,3-4,6,8-12H2,(H2,23,24)(H,25,30). The quantitative estimate of drug-likeness (QED) is 0.714. The van der Waals surface area contributed by atoms with Gasteiger partial charge < -0.3 is 15.4 Å². The highest BCUT2D eigenvalue weighted by atomic mass is 16.5. The number of allylic oxidation sites excluding steroid dienone is 4. The van der Waals surface area contributed by atoms with Gasteiger partial charge in [0.05, 0.1) is 23.3 Å². The van der Waals surface area contributed by atoms with Crippen LogP contribution in [-0.2, 0) is 9.53 Å². The van der Waals surface area contributed by atoms with E-state index < -0.39 is 0 Å². The van der Waals surface area contributed by atoms with E-state index >= 15 is 0 Å². The number of likely N-dealkylation sites (tertiary alicyclic amines) is 1. The van der Waals surface area contributed by atoms with Crippen LogP contribution in [0.25, 0.3) is 16.5 Å². The first-order valence-corrected chi connectivity index (χ1v) is 10.8. The lowest BCUT2D eigenvalue weighted by Crippen LogP contribution is -2.40. The second-order valence-corrected chi connectivity index (χ2v) is 8.38. The van der Waals surface area contributed by atoms with Crippen molar-refractivity contribution < 1.29 is 9.53 Å². The first-order valence-electron chi connectivity index (χ1n) is 10.8. The fourth-order valence-electron chi connectivity index (χ4n) is 4.40. The van der Waals surface area contributed by atoms with Crippen molar-refractivity contribution in [2.45, 2.75) is 50.7 Å². The molecule has 1 saturated carbocycles. The van der Waals surface area contributed by atoms with E-state index in [-0.39, 0.29) is 23.3 Å². The number of carbonyl (C=O) groups is 1. The fourth-order valence-corrected chi connectivity index (χ4v) is 4.40. The average molecular weight is 422 g/mol. The molecule has 1 amide bonds. The third kappa shape index (κ3) is 3.64. The van der Waals surface area contributed by atoms with Crippen LogP contribution in [0.1, 0.15) is 50.3 Å².